The number of imide groups is 1. The number of likely N-dealkylation sites (N-methyl/N-ethyl adjacent to an activating group) is 1. The Morgan fingerprint density at radius 3 is 2.57 bits per heavy atom. The van der Waals surface area contributed by atoms with Crippen LogP contribution in [-0.4, -0.2) is 59.4 Å². The zero-order valence-electron chi connectivity index (χ0n) is 16.2. The number of rotatable bonds is 7. The first-order chi connectivity index (χ1) is 13.3. The van der Waals surface area contributed by atoms with E-state index in [9.17, 15) is 14.4 Å². The minimum Gasteiger partial charge on any atom is -0.494 e. The average molecular weight is 408 g/mol. The van der Waals surface area contributed by atoms with E-state index in [0.29, 0.717) is 43.2 Å². The highest BCUT2D eigenvalue weighted by Crippen LogP contribution is 2.35. The van der Waals surface area contributed by atoms with Crippen LogP contribution in [0.5, 0.6) is 5.75 Å². The zero-order chi connectivity index (χ0) is 20.3. The second-order valence-electron chi connectivity index (χ2n) is 7.49. The fraction of sp³-hybridized carbons (Fsp3) is 0.550. The average Bonchev–Trinajstić information content (AvgIpc) is 3.24. The van der Waals surface area contributed by atoms with Crippen LogP contribution >= 0.6 is 11.6 Å². The maximum atomic E-state index is 12.8. The molecule has 1 saturated carbocycles. The van der Waals surface area contributed by atoms with Gasteiger partial charge in [0.15, 0.2) is 0 Å². The maximum Gasteiger partial charge on any atom is 0.325 e. The third kappa shape index (κ3) is 4.09. The summed E-state index contributed by atoms with van der Waals surface area (Å²) in [6, 6.07) is 5.79. The van der Waals surface area contributed by atoms with E-state index in [4.69, 9.17) is 16.3 Å². The Labute approximate surface area is 169 Å². The number of ether oxygens (including phenoxy) is 1. The standard InChI is InChI=1S/C20H26ClN3O4/c1-14(24-18(26)20(22-19(24)27)10-3-4-11-20)17(25)23(2)12-5-13-28-16-8-6-15(21)7-9-16/h6-9,14H,3-5,10-13H2,1-2H3,(H,22,27)/t14-/m0/s1. The first-order valence-electron chi connectivity index (χ1n) is 9.63. The van der Waals surface area contributed by atoms with Crippen molar-refractivity contribution in [2.24, 2.45) is 0 Å². The van der Waals surface area contributed by atoms with Crippen LogP contribution < -0.4 is 10.1 Å². The summed E-state index contributed by atoms with van der Waals surface area (Å²) in [6.45, 7) is 2.51. The molecular weight excluding hydrogens is 382 g/mol. The molecule has 28 heavy (non-hydrogen) atoms. The molecule has 0 aromatic heterocycles. The molecule has 1 aromatic rings. The molecule has 1 atom stereocenters. The zero-order valence-corrected chi connectivity index (χ0v) is 17.0. The molecule has 1 aliphatic carbocycles. The van der Waals surface area contributed by atoms with E-state index < -0.39 is 17.6 Å². The highest BCUT2D eigenvalue weighted by molar-refractivity contribution is 6.30. The van der Waals surface area contributed by atoms with Gasteiger partial charge in [-0.15, -0.1) is 0 Å². The van der Waals surface area contributed by atoms with Gasteiger partial charge in [0.05, 0.1) is 6.61 Å². The predicted molar refractivity (Wildman–Crippen MR) is 105 cm³/mol. The van der Waals surface area contributed by atoms with Crippen LogP contribution in [0, 0.1) is 0 Å². The lowest BCUT2D eigenvalue weighted by Gasteiger charge is -2.27. The Balaban J connectivity index is 1.49. The number of hydrogen-bond donors (Lipinski definition) is 1. The van der Waals surface area contributed by atoms with Crippen molar-refractivity contribution in [3.8, 4) is 5.75 Å². The summed E-state index contributed by atoms with van der Waals surface area (Å²) in [4.78, 5) is 40.5. The van der Waals surface area contributed by atoms with Crippen LogP contribution in [0.4, 0.5) is 4.79 Å². The summed E-state index contributed by atoms with van der Waals surface area (Å²) in [7, 11) is 1.67. The van der Waals surface area contributed by atoms with Gasteiger partial charge in [0.2, 0.25) is 5.91 Å². The second kappa shape index (κ2) is 8.39. The van der Waals surface area contributed by atoms with Gasteiger partial charge in [-0.3, -0.25) is 9.59 Å². The highest BCUT2D eigenvalue weighted by Gasteiger charge is 2.54. The molecule has 0 radical (unpaired) electrons. The molecule has 1 spiro atoms. The minimum absolute atomic E-state index is 0.259. The topological polar surface area (TPSA) is 79.0 Å². The van der Waals surface area contributed by atoms with Crippen molar-refractivity contribution < 1.29 is 19.1 Å². The van der Waals surface area contributed by atoms with Crippen molar-refractivity contribution in [3.05, 3.63) is 29.3 Å². The van der Waals surface area contributed by atoms with Gasteiger partial charge in [0.25, 0.3) is 5.91 Å². The summed E-state index contributed by atoms with van der Waals surface area (Å²) in [5.41, 5.74) is -0.795. The molecule has 1 N–H and O–H groups in total. The molecule has 2 fully saturated rings. The quantitative estimate of drug-likeness (QED) is 0.556. The number of benzene rings is 1. The second-order valence-corrected chi connectivity index (χ2v) is 7.92. The molecule has 4 amide bonds. The SMILES string of the molecule is C[C@@H](C(=O)N(C)CCCOc1ccc(Cl)cc1)N1C(=O)NC2(CCCC2)C1=O. The van der Waals surface area contributed by atoms with Crippen LogP contribution in [0.2, 0.25) is 5.02 Å². The van der Waals surface area contributed by atoms with E-state index >= 15 is 0 Å². The smallest absolute Gasteiger partial charge is 0.325 e. The normalized spacial score (nSPS) is 19.0. The Kier molecular flexibility index (Phi) is 6.13. The first-order valence-corrected chi connectivity index (χ1v) is 10.0. The van der Waals surface area contributed by atoms with Crippen LogP contribution in [0.25, 0.3) is 0 Å². The summed E-state index contributed by atoms with van der Waals surface area (Å²) in [5.74, 6) is 0.188. The van der Waals surface area contributed by atoms with Crippen LogP contribution in [-0.2, 0) is 9.59 Å². The van der Waals surface area contributed by atoms with Crippen molar-refractivity contribution in [1.82, 2.24) is 15.1 Å². The molecule has 7 nitrogen and oxygen atoms in total. The summed E-state index contributed by atoms with van der Waals surface area (Å²) in [5, 5.41) is 3.46. The molecule has 0 bridgehead atoms. The summed E-state index contributed by atoms with van der Waals surface area (Å²) in [6.07, 6.45) is 3.74. The molecule has 2 aliphatic rings. The van der Waals surface area contributed by atoms with Gasteiger partial charge in [-0.2, -0.15) is 0 Å². The number of nitrogens with one attached hydrogen (secondary N) is 1. The fourth-order valence-electron chi connectivity index (χ4n) is 3.87. The van der Waals surface area contributed by atoms with Crippen molar-refractivity contribution in [2.45, 2.75) is 50.6 Å². The number of nitrogens with zero attached hydrogens (tertiary/aromatic N) is 2. The third-order valence-electron chi connectivity index (χ3n) is 5.49. The van der Waals surface area contributed by atoms with Gasteiger partial charge >= 0.3 is 6.03 Å². The molecule has 152 valence electrons. The lowest BCUT2D eigenvalue weighted by molar-refractivity contribution is -0.142. The monoisotopic (exact) mass is 407 g/mol. The van der Waals surface area contributed by atoms with Crippen LogP contribution in [0.15, 0.2) is 24.3 Å². The number of urea groups is 1. The van der Waals surface area contributed by atoms with Gasteiger partial charge in [0.1, 0.15) is 17.3 Å². The third-order valence-corrected chi connectivity index (χ3v) is 5.74. The summed E-state index contributed by atoms with van der Waals surface area (Å²) >= 11 is 5.84. The number of amides is 4. The van der Waals surface area contributed by atoms with Gasteiger partial charge < -0.3 is 15.0 Å². The van der Waals surface area contributed by atoms with Gasteiger partial charge in [-0.05, 0) is 50.5 Å². The number of carbonyl (C=O) groups excluding carboxylic acids is 3. The van der Waals surface area contributed by atoms with E-state index in [1.54, 1.807) is 38.2 Å². The lowest BCUT2D eigenvalue weighted by Crippen LogP contribution is -2.50. The molecule has 0 unspecified atom stereocenters. The molecular formula is C20H26ClN3O4. The minimum atomic E-state index is -0.824. The number of halogens is 1. The lowest BCUT2D eigenvalue weighted by atomic mass is 9.97. The van der Waals surface area contributed by atoms with Gasteiger partial charge in [-0.25, -0.2) is 9.69 Å². The molecule has 1 saturated heterocycles. The largest absolute Gasteiger partial charge is 0.494 e. The molecule has 1 heterocycles. The Morgan fingerprint density at radius 2 is 1.93 bits per heavy atom. The highest BCUT2D eigenvalue weighted by atomic mass is 35.5. The number of carbonyl (C=O) groups is 3. The van der Waals surface area contributed by atoms with Crippen LogP contribution in [0.3, 0.4) is 0 Å². The fourth-order valence-corrected chi connectivity index (χ4v) is 4.00. The van der Waals surface area contributed by atoms with E-state index in [1.165, 1.54) is 4.90 Å². The Hall–Kier alpha value is -2.28. The van der Waals surface area contributed by atoms with Crippen molar-refractivity contribution in [1.29, 1.82) is 0 Å². The molecule has 8 heteroatoms. The predicted octanol–water partition coefficient (Wildman–Crippen LogP) is 2.82. The van der Waals surface area contributed by atoms with Crippen molar-refractivity contribution in [2.75, 3.05) is 20.2 Å². The maximum absolute atomic E-state index is 12.8. The van der Waals surface area contributed by atoms with Crippen molar-refractivity contribution in [3.63, 3.8) is 0 Å². The molecule has 1 aromatic carbocycles. The van der Waals surface area contributed by atoms with E-state index in [0.717, 1.165) is 17.7 Å². The van der Waals surface area contributed by atoms with E-state index in [2.05, 4.69) is 5.32 Å². The summed E-state index contributed by atoms with van der Waals surface area (Å²) < 4.78 is 5.62. The van der Waals surface area contributed by atoms with Gasteiger partial charge in [-0.1, -0.05) is 24.4 Å². The molecule has 3 rings (SSSR count). The number of hydrogen-bond acceptors (Lipinski definition) is 4. The first kappa shape index (κ1) is 20.5. The van der Waals surface area contributed by atoms with Gasteiger partial charge in [0, 0.05) is 18.6 Å². The van der Waals surface area contributed by atoms with E-state index in [1.807, 2.05) is 0 Å². The van der Waals surface area contributed by atoms with E-state index in [-0.39, 0.29) is 11.8 Å². The molecule has 1 aliphatic heterocycles. The van der Waals surface area contributed by atoms with Crippen LogP contribution in [0.1, 0.15) is 39.0 Å². The van der Waals surface area contributed by atoms with Crippen molar-refractivity contribution >= 4 is 29.4 Å². The Bertz CT molecular complexity index is 746. The Morgan fingerprint density at radius 1 is 1.29 bits per heavy atom.